The zero-order valence-electron chi connectivity index (χ0n) is 27.4. The van der Waals surface area contributed by atoms with Crippen LogP contribution in [0, 0.1) is 5.92 Å². The van der Waals surface area contributed by atoms with Crippen molar-refractivity contribution in [2.75, 3.05) is 6.61 Å². The van der Waals surface area contributed by atoms with Gasteiger partial charge in [0, 0.05) is 31.5 Å². The van der Waals surface area contributed by atoms with E-state index in [1.807, 2.05) is 26.0 Å². The van der Waals surface area contributed by atoms with Crippen molar-refractivity contribution in [2.24, 2.45) is 11.7 Å². The Bertz CT molecular complexity index is 1130. The summed E-state index contributed by atoms with van der Waals surface area (Å²) in [4.78, 5) is 36.3. The first kappa shape index (κ1) is 35.3. The van der Waals surface area contributed by atoms with Crippen LogP contribution in [-0.2, 0) is 33.3 Å². The number of ether oxygens (including phenoxy) is 4. The van der Waals surface area contributed by atoms with Gasteiger partial charge >= 0.3 is 5.97 Å². The van der Waals surface area contributed by atoms with Gasteiger partial charge in [-0.3, -0.25) is 14.4 Å². The minimum Gasteiger partial charge on any atom is -0.459 e. The van der Waals surface area contributed by atoms with Crippen LogP contribution in [0.15, 0.2) is 36.0 Å². The van der Waals surface area contributed by atoms with Gasteiger partial charge < -0.3 is 40.4 Å². The van der Waals surface area contributed by atoms with E-state index in [-0.39, 0.29) is 60.6 Å². The third-order valence-corrected chi connectivity index (χ3v) is 9.47. The number of esters is 1. The highest BCUT2D eigenvalue weighted by atomic mass is 16.6. The lowest BCUT2D eigenvalue weighted by Crippen LogP contribution is -2.51. The SMILES string of the molecule is CC(=O)O[C@@H](C)C=CC(=O)N[C@@H]1C[C@H](C)[C@H](CC=C(C)C=C[C@H]2O[C@H](CC(=O)N[C@H]3CC[C@H](N)CC3)C[C@@]3(CO3)[C@@H]2O)O[C@@H]1C. The number of carbonyl (C=O) groups excluding carboxylic acids is 3. The van der Waals surface area contributed by atoms with Crippen LogP contribution in [0.5, 0.6) is 0 Å². The van der Waals surface area contributed by atoms with Crippen molar-refractivity contribution in [1.29, 1.82) is 0 Å². The maximum atomic E-state index is 12.8. The number of rotatable bonds is 11. The van der Waals surface area contributed by atoms with Gasteiger partial charge in [-0.25, -0.2) is 0 Å². The molecule has 0 aromatic heterocycles. The predicted octanol–water partition coefficient (Wildman–Crippen LogP) is 2.75. The number of epoxide rings is 1. The van der Waals surface area contributed by atoms with Gasteiger partial charge in [0.2, 0.25) is 11.8 Å². The minimum absolute atomic E-state index is 0.00141. The van der Waals surface area contributed by atoms with Crippen molar-refractivity contribution in [3.63, 3.8) is 0 Å². The Labute approximate surface area is 267 Å². The van der Waals surface area contributed by atoms with E-state index >= 15 is 0 Å². The molecule has 4 fully saturated rings. The van der Waals surface area contributed by atoms with Crippen LogP contribution in [0.2, 0.25) is 0 Å². The predicted molar refractivity (Wildman–Crippen MR) is 169 cm³/mol. The molecule has 0 unspecified atom stereocenters. The van der Waals surface area contributed by atoms with Crippen molar-refractivity contribution in [3.8, 4) is 0 Å². The molecule has 3 aliphatic heterocycles. The molecule has 1 spiro atoms. The minimum atomic E-state index is -0.796. The van der Waals surface area contributed by atoms with Crippen molar-refractivity contribution in [2.45, 2.75) is 146 Å². The fraction of sp³-hybridized carbons (Fsp3) is 0.735. The van der Waals surface area contributed by atoms with Crippen LogP contribution < -0.4 is 16.4 Å². The summed E-state index contributed by atoms with van der Waals surface area (Å²) in [5.41, 5.74) is 6.36. The lowest BCUT2D eigenvalue weighted by molar-refractivity contribution is -0.146. The first-order chi connectivity index (χ1) is 21.3. The molecular weight excluding hydrogens is 578 g/mol. The molecule has 9 atom stereocenters. The average molecular weight is 632 g/mol. The molecule has 252 valence electrons. The topological polar surface area (TPSA) is 162 Å². The number of aliphatic hydroxyl groups is 1. The Hall–Kier alpha value is -2.57. The molecule has 4 aliphatic rings. The summed E-state index contributed by atoms with van der Waals surface area (Å²) in [6, 6.07) is 0.266. The molecule has 1 aliphatic carbocycles. The molecule has 0 aromatic rings. The van der Waals surface area contributed by atoms with Crippen LogP contribution in [-0.4, -0.2) is 89.8 Å². The molecule has 0 bridgehead atoms. The van der Waals surface area contributed by atoms with Gasteiger partial charge in [0.05, 0.1) is 37.4 Å². The first-order valence-electron chi connectivity index (χ1n) is 16.5. The van der Waals surface area contributed by atoms with Crippen LogP contribution in [0.25, 0.3) is 0 Å². The van der Waals surface area contributed by atoms with E-state index in [1.54, 1.807) is 13.0 Å². The Kier molecular flexibility index (Phi) is 12.4. The maximum Gasteiger partial charge on any atom is 0.303 e. The van der Waals surface area contributed by atoms with Crippen LogP contribution in [0.4, 0.5) is 0 Å². The van der Waals surface area contributed by atoms with Crippen LogP contribution >= 0.6 is 0 Å². The zero-order valence-corrected chi connectivity index (χ0v) is 27.4. The van der Waals surface area contributed by atoms with Crippen molar-refractivity contribution in [1.82, 2.24) is 10.6 Å². The van der Waals surface area contributed by atoms with E-state index in [2.05, 4.69) is 23.6 Å². The summed E-state index contributed by atoms with van der Waals surface area (Å²) in [5.74, 6) is -0.455. The molecular formula is C34H53N3O8. The summed E-state index contributed by atoms with van der Waals surface area (Å²) >= 11 is 0. The fourth-order valence-corrected chi connectivity index (χ4v) is 6.64. The second-order valence-corrected chi connectivity index (χ2v) is 13.5. The van der Waals surface area contributed by atoms with Crippen molar-refractivity contribution >= 4 is 17.8 Å². The molecule has 0 aromatic carbocycles. The number of amides is 2. The van der Waals surface area contributed by atoms with Gasteiger partial charge in [-0.2, -0.15) is 0 Å². The molecule has 1 saturated carbocycles. The van der Waals surface area contributed by atoms with Crippen molar-refractivity contribution in [3.05, 3.63) is 36.0 Å². The highest BCUT2D eigenvalue weighted by Crippen LogP contribution is 2.43. The number of nitrogens with two attached hydrogens (primary N) is 1. The molecule has 0 radical (unpaired) electrons. The summed E-state index contributed by atoms with van der Waals surface area (Å²) in [6.45, 7) is 9.58. The fourth-order valence-electron chi connectivity index (χ4n) is 6.64. The van der Waals surface area contributed by atoms with Crippen LogP contribution in [0.1, 0.15) is 86.0 Å². The van der Waals surface area contributed by atoms with Gasteiger partial charge in [-0.05, 0) is 71.3 Å². The Morgan fingerprint density at radius 1 is 1.09 bits per heavy atom. The number of hydrogen-bond acceptors (Lipinski definition) is 9. The Balaban J connectivity index is 1.25. The largest absolute Gasteiger partial charge is 0.459 e. The lowest BCUT2D eigenvalue weighted by atomic mass is 9.87. The van der Waals surface area contributed by atoms with Gasteiger partial charge in [0.1, 0.15) is 23.9 Å². The summed E-state index contributed by atoms with van der Waals surface area (Å²) in [6.07, 6.45) is 12.4. The van der Waals surface area contributed by atoms with Gasteiger partial charge in [-0.1, -0.05) is 30.7 Å². The number of carbonyl (C=O) groups is 3. The summed E-state index contributed by atoms with van der Waals surface area (Å²) in [7, 11) is 0. The molecule has 3 saturated heterocycles. The van der Waals surface area contributed by atoms with E-state index in [4.69, 9.17) is 24.7 Å². The number of nitrogens with one attached hydrogen (secondary N) is 2. The first-order valence-corrected chi connectivity index (χ1v) is 16.5. The van der Waals surface area contributed by atoms with E-state index in [9.17, 15) is 19.5 Å². The molecule has 11 heteroatoms. The quantitative estimate of drug-likeness (QED) is 0.116. The zero-order chi connectivity index (χ0) is 32.7. The van der Waals surface area contributed by atoms with Crippen LogP contribution in [0.3, 0.4) is 0 Å². The molecule has 45 heavy (non-hydrogen) atoms. The van der Waals surface area contributed by atoms with Gasteiger partial charge in [0.15, 0.2) is 0 Å². The second-order valence-electron chi connectivity index (χ2n) is 13.5. The number of hydrogen-bond donors (Lipinski definition) is 4. The van der Waals surface area contributed by atoms with Crippen molar-refractivity contribution < 1.29 is 38.4 Å². The van der Waals surface area contributed by atoms with E-state index in [0.29, 0.717) is 19.4 Å². The van der Waals surface area contributed by atoms with E-state index in [1.165, 1.54) is 13.0 Å². The number of aliphatic hydroxyl groups excluding tert-OH is 1. The molecule has 11 nitrogen and oxygen atoms in total. The normalized spacial score (nSPS) is 37.8. The maximum absolute atomic E-state index is 12.8. The van der Waals surface area contributed by atoms with E-state index in [0.717, 1.165) is 37.7 Å². The Morgan fingerprint density at radius 3 is 2.47 bits per heavy atom. The molecule has 5 N–H and O–H groups in total. The Morgan fingerprint density at radius 2 is 1.80 bits per heavy atom. The highest BCUT2D eigenvalue weighted by Gasteiger charge is 2.58. The highest BCUT2D eigenvalue weighted by molar-refractivity contribution is 5.87. The van der Waals surface area contributed by atoms with E-state index < -0.39 is 29.9 Å². The summed E-state index contributed by atoms with van der Waals surface area (Å²) < 4.78 is 23.2. The monoisotopic (exact) mass is 631 g/mol. The number of allylic oxidation sites excluding steroid dienone is 2. The molecule has 2 amide bonds. The van der Waals surface area contributed by atoms with Gasteiger partial charge in [-0.15, -0.1) is 0 Å². The molecule has 4 rings (SSSR count). The smallest absolute Gasteiger partial charge is 0.303 e. The third-order valence-electron chi connectivity index (χ3n) is 9.47. The van der Waals surface area contributed by atoms with Gasteiger partial charge in [0.25, 0.3) is 0 Å². The summed E-state index contributed by atoms with van der Waals surface area (Å²) in [5, 5.41) is 17.1. The average Bonchev–Trinajstić information content (AvgIpc) is 3.74. The second kappa shape index (κ2) is 15.8. The standard InChI is InChI=1S/C34H53N3O8/c1-20(6-13-29-21(2)16-28(23(4)44-29)37-31(39)15-8-22(3)43-24(5)38)7-14-30-33(41)34(19-42-34)18-27(45-30)17-32(40)36-26-11-9-25(35)10-12-26/h6-8,14-15,21-23,25-30,33,41H,9-13,16-19,35H2,1-5H3,(H,36,40)(H,37,39)/t21-,22-,23+,25-,26-,27+,28+,29-,30+,33+,34+/m0/s1. The third kappa shape index (κ3) is 10.5. The molecule has 3 heterocycles. The lowest BCUT2D eigenvalue weighted by Gasteiger charge is -2.39.